The molecule has 1 heterocycles. The van der Waals surface area contributed by atoms with Gasteiger partial charge in [-0.15, -0.1) is 0 Å². The molecule has 3 aromatic rings. The van der Waals surface area contributed by atoms with Gasteiger partial charge >= 0.3 is 0 Å². The van der Waals surface area contributed by atoms with Crippen molar-refractivity contribution in [2.45, 2.75) is 0 Å². The summed E-state index contributed by atoms with van der Waals surface area (Å²) < 4.78 is 15.9. The zero-order valence-electron chi connectivity index (χ0n) is 14.1. The molecule has 1 amide bonds. The average Bonchev–Trinajstić information content (AvgIpc) is 3.16. The quantitative estimate of drug-likeness (QED) is 0.769. The first kappa shape index (κ1) is 16.5. The number of ether oxygens (including phenoxy) is 2. The molecule has 0 saturated carbocycles. The highest BCUT2D eigenvalue weighted by Gasteiger charge is 2.18. The van der Waals surface area contributed by atoms with Crippen LogP contribution in [0, 0.1) is 0 Å². The fourth-order valence-corrected chi connectivity index (χ4v) is 2.43. The first-order chi connectivity index (χ1) is 12.2. The Hall–Kier alpha value is -3.35. The van der Waals surface area contributed by atoms with Gasteiger partial charge in [-0.25, -0.2) is 0 Å². The minimum atomic E-state index is -0.221. The van der Waals surface area contributed by atoms with E-state index in [9.17, 15) is 4.79 Å². The maximum absolute atomic E-state index is 12.0. The molecule has 128 valence electrons. The number of hydrogen-bond acceptors (Lipinski definition) is 6. The third-order valence-electron chi connectivity index (χ3n) is 3.70. The number of rotatable bonds is 5. The molecule has 0 aliphatic rings. The monoisotopic (exact) mass is 339 g/mol. The van der Waals surface area contributed by atoms with Gasteiger partial charge < -0.3 is 19.3 Å². The second kappa shape index (κ2) is 7.04. The lowest BCUT2D eigenvalue weighted by atomic mass is 10.1. The van der Waals surface area contributed by atoms with Gasteiger partial charge in [0, 0.05) is 12.6 Å². The number of carbonyl (C=O) groups excluding carboxylic acids is 1. The zero-order valence-corrected chi connectivity index (χ0v) is 14.1. The molecule has 0 bridgehead atoms. The molecule has 0 atom stereocenters. The normalized spacial score (nSPS) is 10.4. The molecule has 1 N–H and O–H groups in total. The van der Waals surface area contributed by atoms with E-state index in [1.165, 1.54) is 0 Å². The van der Waals surface area contributed by atoms with Crippen LogP contribution in [0.3, 0.4) is 0 Å². The Bertz CT molecular complexity index is 905. The van der Waals surface area contributed by atoms with E-state index in [1.807, 2.05) is 6.07 Å². The smallest absolute Gasteiger partial charge is 0.259 e. The second-order valence-electron chi connectivity index (χ2n) is 5.12. The molecule has 2 aromatic carbocycles. The molecule has 0 aliphatic heterocycles. The third kappa shape index (κ3) is 3.16. The third-order valence-corrected chi connectivity index (χ3v) is 3.70. The summed E-state index contributed by atoms with van der Waals surface area (Å²) in [6, 6.07) is 12.4. The van der Waals surface area contributed by atoms with Gasteiger partial charge in [-0.2, -0.15) is 4.98 Å². The van der Waals surface area contributed by atoms with Crippen molar-refractivity contribution in [2.24, 2.45) is 0 Å². The van der Waals surface area contributed by atoms with E-state index in [4.69, 9.17) is 14.0 Å². The number of hydrogen-bond donors (Lipinski definition) is 1. The van der Waals surface area contributed by atoms with Crippen LogP contribution in [0.25, 0.3) is 22.8 Å². The minimum Gasteiger partial charge on any atom is -0.493 e. The number of aromatic nitrogens is 2. The topological polar surface area (TPSA) is 86.5 Å². The number of amides is 1. The first-order valence-corrected chi connectivity index (χ1v) is 7.55. The Morgan fingerprint density at radius 2 is 1.84 bits per heavy atom. The first-order valence-electron chi connectivity index (χ1n) is 7.55. The van der Waals surface area contributed by atoms with Crippen molar-refractivity contribution >= 4 is 5.91 Å². The van der Waals surface area contributed by atoms with Gasteiger partial charge in [0.15, 0.2) is 11.5 Å². The van der Waals surface area contributed by atoms with Crippen LogP contribution in [0.5, 0.6) is 11.5 Å². The van der Waals surface area contributed by atoms with Gasteiger partial charge in [0.1, 0.15) is 0 Å². The minimum absolute atomic E-state index is 0.221. The summed E-state index contributed by atoms with van der Waals surface area (Å²) in [5.74, 6) is 1.62. The molecular weight excluding hydrogens is 322 g/mol. The molecule has 3 rings (SSSR count). The maximum Gasteiger partial charge on any atom is 0.259 e. The number of carbonyl (C=O) groups is 1. The van der Waals surface area contributed by atoms with E-state index < -0.39 is 0 Å². The van der Waals surface area contributed by atoms with Crippen LogP contribution in [0.2, 0.25) is 0 Å². The van der Waals surface area contributed by atoms with Crippen LogP contribution in [0.15, 0.2) is 47.0 Å². The van der Waals surface area contributed by atoms with Crippen molar-refractivity contribution < 1.29 is 18.8 Å². The van der Waals surface area contributed by atoms with Crippen LogP contribution < -0.4 is 14.8 Å². The molecule has 25 heavy (non-hydrogen) atoms. The standard InChI is InChI=1S/C18H17N3O4/c1-19-17(22)12-6-4-5-7-13(12)18-20-16(21-25-18)11-8-9-14(23-2)15(10-11)24-3/h4-10H,1-3H3,(H,19,22). The lowest BCUT2D eigenvalue weighted by Crippen LogP contribution is -2.18. The van der Waals surface area contributed by atoms with E-state index in [0.717, 1.165) is 0 Å². The van der Waals surface area contributed by atoms with Crippen LogP contribution in [-0.2, 0) is 0 Å². The number of nitrogens with one attached hydrogen (secondary N) is 1. The van der Waals surface area contributed by atoms with E-state index >= 15 is 0 Å². The Balaban J connectivity index is 2.01. The summed E-state index contributed by atoms with van der Waals surface area (Å²) in [6.07, 6.45) is 0. The van der Waals surface area contributed by atoms with E-state index in [0.29, 0.717) is 34.0 Å². The number of benzene rings is 2. The molecule has 0 fully saturated rings. The molecule has 0 saturated heterocycles. The fraction of sp³-hybridized carbons (Fsp3) is 0.167. The van der Waals surface area contributed by atoms with Crippen molar-refractivity contribution in [1.82, 2.24) is 15.5 Å². The highest BCUT2D eigenvalue weighted by atomic mass is 16.5. The van der Waals surface area contributed by atoms with Crippen LogP contribution in [0.1, 0.15) is 10.4 Å². The van der Waals surface area contributed by atoms with Crippen molar-refractivity contribution in [3.05, 3.63) is 48.0 Å². The average molecular weight is 339 g/mol. The van der Waals surface area contributed by atoms with Crippen molar-refractivity contribution in [2.75, 3.05) is 21.3 Å². The molecule has 7 nitrogen and oxygen atoms in total. The predicted octanol–water partition coefficient (Wildman–Crippen LogP) is 2.78. The molecule has 1 aromatic heterocycles. The lowest BCUT2D eigenvalue weighted by Gasteiger charge is -2.07. The van der Waals surface area contributed by atoms with Crippen molar-refractivity contribution in [3.63, 3.8) is 0 Å². The van der Waals surface area contributed by atoms with Crippen LogP contribution in [-0.4, -0.2) is 37.3 Å². The number of nitrogens with zero attached hydrogens (tertiary/aromatic N) is 2. The molecule has 0 aliphatic carbocycles. The number of methoxy groups -OCH3 is 2. The zero-order chi connectivity index (χ0) is 17.8. The lowest BCUT2D eigenvalue weighted by molar-refractivity contribution is 0.0963. The molecular formula is C18H17N3O4. The maximum atomic E-state index is 12.0. The SMILES string of the molecule is CNC(=O)c1ccccc1-c1nc(-c2ccc(OC)c(OC)c2)no1. The van der Waals surface area contributed by atoms with Gasteiger partial charge in [0.05, 0.1) is 25.3 Å². The van der Waals surface area contributed by atoms with E-state index in [1.54, 1.807) is 57.7 Å². The Morgan fingerprint density at radius 1 is 1.08 bits per heavy atom. The van der Waals surface area contributed by atoms with Gasteiger partial charge in [0.25, 0.3) is 11.8 Å². The predicted molar refractivity (Wildman–Crippen MR) is 91.7 cm³/mol. The Morgan fingerprint density at radius 3 is 2.56 bits per heavy atom. The second-order valence-corrected chi connectivity index (χ2v) is 5.12. The van der Waals surface area contributed by atoms with Gasteiger partial charge in [-0.3, -0.25) is 4.79 Å². The Kier molecular flexibility index (Phi) is 4.65. The van der Waals surface area contributed by atoms with Crippen LogP contribution >= 0.6 is 0 Å². The summed E-state index contributed by atoms with van der Waals surface area (Å²) in [6.45, 7) is 0. The molecule has 0 unspecified atom stereocenters. The highest BCUT2D eigenvalue weighted by Crippen LogP contribution is 2.32. The van der Waals surface area contributed by atoms with Gasteiger partial charge in [-0.05, 0) is 30.3 Å². The summed E-state index contributed by atoms with van der Waals surface area (Å²) in [7, 11) is 4.70. The summed E-state index contributed by atoms with van der Waals surface area (Å²) in [5, 5.41) is 6.60. The fourth-order valence-electron chi connectivity index (χ4n) is 2.43. The van der Waals surface area contributed by atoms with Crippen molar-refractivity contribution in [3.8, 4) is 34.3 Å². The largest absolute Gasteiger partial charge is 0.493 e. The van der Waals surface area contributed by atoms with Crippen LogP contribution in [0.4, 0.5) is 0 Å². The van der Waals surface area contributed by atoms with Crippen molar-refractivity contribution in [1.29, 1.82) is 0 Å². The van der Waals surface area contributed by atoms with Gasteiger partial charge in [0.2, 0.25) is 5.82 Å². The van der Waals surface area contributed by atoms with E-state index in [-0.39, 0.29) is 11.8 Å². The molecule has 0 radical (unpaired) electrons. The molecule has 0 spiro atoms. The summed E-state index contributed by atoms with van der Waals surface area (Å²) in [5.41, 5.74) is 1.75. The summed E-state index contributed by atoms with van der Waals surface area (Å²) >= 11 is 0. The molecule has 7 heteroatoms. The Labute approximate surface area is 144 Å². The van der Waals surface area contributed by atoms with Gasteiger partial charge in [-0.1, -0.05) is 17.3 Å². The van der Waals surface area contributed by atoms with E-state index in [2.05, 4.69) is 15.5 Å². The summed E-state index contributed by atoms with van der Waals surface area (Å²) in [4.78, 5) is 16.4. The highest BCUT2D eigenvalue weighted by molar-refractivity contribution is 5.99.